The standard InChI is InChI=1S/C24H29NO5S/c1-28-22-17(25-24-18(26)8-5-11-30-24)12-15-7-4-6-14-13-19(27)20(31-3)10-9-16(14)21(15)23(22)29-2/h9-10,12-13,18,24-26H,4-8,11H2,1-3H3. The van der Waals surface area contributed by atoms with E-state index in [1.54, 1.807) is 20.3 Å². The zero-order valence-corrected chi connectivity index (χ0v) is 19.0. The van der Waals surface area contributed by atoms with E-state index in [1.165, 1.54) is 11.8 Å². The molecule has 2 aromatic carbocycles. The van der Waals surface area contributed by atoms with Gasteiger partial charge in [0.05, 0.1) is 30.9 Å². The molecule has 6 nitrogen and oxygen atoms in total. The van der Waals surface area contributed by atoms with Crippen molar-refractivity contribution >= 4 is 17.4 Å². The Bertz CT molecular complexity index is 1030. The normalized spacial score (nSPS) is 20.3. The Morgan fingerprint density at radius 1 is 1.10 bits per heavy atom. The predicted molar refractivity (Wildman–Crippen MR) is 124 cm³/mol. The van der Waals surface area contributed by atoms with Gasteiger partial charge in [-0.2, -0.15) is 0 Å². The summed E-state index contributed by atoms with van der Waals surface area (Å²) in [5.41, 5.74) is 4.89. The second kappa shape index (κ2) is 9.51. The van der Waals surface area contributed by atoms with Crippen molar-refractivity contribution in [3.8, 4) is 22.6 Å². The number of hydrogen-bond acceptors (Lipinski definition) is 7. The molecule has 4 rings (SSSR count). The quantitative estimate of drug-likeness (QED) is 0.680. The van der Waals surface area contributed by atoms with Crippen LogP contribution in [-0.2, 0) is 17.6 Å². The first kappa shape index (κ1) is 22.0. The predicted octanol–water partition coefficient (Wildman–Crippen LogP) is 3.85. The molecule has 2 N–H and O–H groups in total. The van der Waals surface area contributed by atoms with Gasteiger partial charge in [-0.1, -0.05) is 6.07 Å². The summed E-state index contributed by atoms with van der Waals surface area (Å²) in [4.78, 5) is 13.3. The lowest BCUT2D eigenvalue weighted by Gasteiger charge is -2.30. The van der Waals surface area contributed by atoms with Crippen LogP contribution in [0.1, 0.15) is 30.4 Å². The SMILES string of the molecule is COc1c(NC2OCCCC2O)cc2c(c1OC)-c1ccc(SC)c(=O)cc1CCC2. The molecule has 0 bridgehead atoms. The van der Waals surface area contributed by atoms with Gasteiger partial charge in [0, 0.05) is 12.2 Å². The molecule has 2 unspecified atom stereocenters. The lowest BCUT2D eigenvalue weighted by Crippen LogP contribution is -2.40. The fraction of sp³-hybridized carbons (Fsp3) is 0.458. The highest BCUT2D eigenvalue weighted by Gasteiger charge is 2.29. The van der Waals surface area contributed by atoms with Crippen molar-refractivity contribution in [1.82, 2.24) is 0 Å². The third-order valence-electron chi connectivity index (χ3n) is 5.99. The Kier molecular flexibility index (Phi) is 6.74. The minimum atomic E-state index is -0.580. The number of aliphatic hydroxyl groups excluding tert-OH is 1. The number of ether oxygens (including phenoxy) is 3. The van der Waals surface area contributed by atoms with Gasteiger partial charge in [-0.25, -0.2) is 0 Å². The molecular weight excluding hydrogens is 414 g/mol. The Labute approximate surface area is 186 Å². The van der Waals surface area contributed by atoms with E-state index in [9.17, 15) is 9.90 Å². The van der Waals surface area contributed by atoms with Crippen LogP contribution < -0.4 is 20.2 Å². The third kappa shape index (κ3) is 4.27. The van der Waals surface area contributed by atoms with Crippen LogP contribution in [0.5, 0.6) is 11.5 Å². The van der Waals surface area contributed by atoms with E-state index in [1.807, 2.05) is 18.4 Å². The summed E-state index contributed by atoms with van der Waals surface area (Å²) in [5, 5.41) is 13.7. The summed E-state index contributed by atoms with van der Waals surface area (Å²) in [6, 6.07) is 7.75. The second-order valence-electron chi connectivity index (χ2n) is 7.87. The van der Waals surface area contributed by atoms with E-state index in [0.717, 1.165) is 58.5 Å². The molecule has 1 saturated heterocycles. The van der Waals surface area contributed by atoms with Crippen molar-refractivity contribution in [2.75, 3.05) is 32.4 Å². The highest BCUT2D eigenvalue weighted by molar-refractivity contribution is 7.98. The van der Waals surface area contributed by atoms with Gasteiger partial charge in [0.15, 0.2) is 23.2 Å². The van der Waals surface area contributed by atoms with E-state index in [2.05, 4.69) is 11.4 Å². The largest absolute Gasteiger partial charge is 0.492 e. The fourth-order valence-corrected chi connectivity index (χ4v) is 4.96. The van der Waals surface area contributed by atoms with Crippen molar-refractivity contribution in [3.63, 3.8) is 0 Å². The molecule has 7 heteroatoms. The Morgan fingerprint density at radius 3 is 2.58 bits per heavy atom. The number of aryl methyl sites for hydroxylation is 2. The number of nitrogens with one attached hydrogen (secondary N) is 1. The van der Waals surface area contributed by atoms with Crippen LogP contribution in [0.4, 0.5) is 5.69 Å². The number of fused-ring (bicyclic) bond motifs is 3. The average molecular weight is 444 g/mol. The molecule has 31 heavy (non-hydrogen) atoms. The molecule has 0 spiro atoms. The van der Waals surface area contributed by atoms with Crippen molar-refractivity contribution in [3.05, 3.63) is 45.6 Å². The summed E-state index contributed by atoms with van der Waals surface area (Å²) >= 11 is 1.46. The smallest absolute Gasteiger partial charge is 0.192 e. The van der Waals surface area contributed by atoms with Crippen LogP contribution in [0.2, 0.25) is 0 Å². The monoisotopic (exact) mass is 443 g/mol. The first-order valence-electron chi connectivity index (χ1n) is 10.6. The average Bonchev–Trinajstić information content (AvgIpc) is 3.03. The van der Waals surface area contributed by atoms with Crippen LogP contribution in [0, 0.1) is 0 Å². The highest BCUT2D eigenvalue weighted by atomic mass is 32.2. The van der Waals surface area contributed by atoms with Crippen molar-refractivity contribution in [1.29, 1.82) is 0 Å². The first-order chi connectivity index (χ1) is 15.1. The van der Waals surface area contributed by atoms with Gasteiger partial charge < -0.3 is 24.6 Å². The molecule has 0 radical (unpaired) electrons. The number of aliphatic hydroxyl groups is 1. The Hall–Kier alpha value is -2.22. The summed E-state index contributed by atoms with van der Waals surface area (Å²) < 4.78 is 17.4. The van der Waals surface area contributed by atoms with Gasteiger partial charge in [0.2, 0.25) is 0 Å². The molecule has 1 fully saturated rings. The number of rotatable bonds is 5. The van der Waals surface area contributed by atoms with Crippen LogP contribution in [0.3, 0.4) is 0 Å². The Morgan fingerprint density at radius 2 is 1.87 bits per heavy atom. The molecule has 0 saturated carbocycles. The van der Waals surface area contributed by atoms with Crippen LogP contribution in [0.15, 0.2) is 34.0 Å². The minimum absolute atomic E-state index is 0.0462. The zero-order valence-electron chi connectivity index (χ0n) is 18.2. The lowest BCUT2D eigenvalue weighted by atomic mass is 9.95. The van der Waals surface area contributed by atoms with Gasteiger partial charge in [-0.15, -0.1) is 11.8 Å². The number of benzene rings is 1. The molecule has 0 aromatic heterocycles. The summed E-state index contributed by atoms with van der Waals surface area (Å²) in [5.74, 6) is 1.19. The minimum Gasteiger partial charge on any atom is -0.492 e. The number of hydrogen-bond donors (Lipinski definition) is 2. The van der Waals surface area contributed by atoms with Crippen LogP contribution >= 0.6 is 11.8 Å². The summed E-state index contributed by atoms with van der Waals surface area (Å²) in [7, 11) is 3.24. The van der Waals surface area contributed by atoms with Gasteiger partial charge in [0.1, 0.15) is 0 Å². The maximum absolute atomic E-state index is 12.6. The maximum atomic E-state index is 12.6. The maximum Gasteiger partial charge on any atom is 0.192 e. The van der Waals surface area contributed by atoms with Crippen molar-refractivity contribution < 1.29 is 19.3 Å². The zero-order chi connectivity index (χ0) is 22.0. The van der Waals surface area contributed by atoms with Crippen molar-refractivity contribution in [2.45, 2.75) is 49.3 Å². The van der Waals surface area contributed by atoms with Crippen molar-refractivity contribution in [2.24, 2.45) is 0 Å². The second-order valence-corrected chi connectivity index (χ2v) is 8.72. The fourth-order valence-electron chi connectivity index (χ4n) is 4.49. The molecular formula is C24H29NO5S. The molecule has 2 aromatic rings. The van der Waals surface area contributed by atoms with Crippen LogP contribution in [0.25, 0.3) is 11.1 Å². The van der Waals surface area contributed by atoms with E-state index in [4.69, 9.17) is 14.2 Å². The molecule has 2 atom stereocenters. The Balaban J connectivity index is 1.89. The molecule has 1 aliphatic heterocycles. The number of anilines is 1. The van der Waals surface area contributed by atoms with Gasteiger partial charge in [-0.05, 0) is 73.2 Å². The van der Waals surface area contributed by atoms with E-state index in [0.29, 0.717) is 24.5 Å². The topological polar surface area (TPSA) is 77.0 Å². The molecule has 2 aliphatic rings. The molecule has 1 heterocycles. The third-order valence-corrected chi connectivity index (χ3v) is 6.77. The number of methoxy groups -OCH3 is 2. The van der Waals surface area contributed by atoms with Crippen LogP contribution in [-0.4, -0.2) is 44.5 Å². The lowest BCUT2D eigenvalue weighted by molar-refractivity contribution is -0.0585. The van der Waals surface area contributed by atoms with E-state index >= 15 is 0 Å². The molecule has 0 amide bonds. The van der Waals surface area contributed by atoms with Gasteiger partial charge in [0.25, 0.3) is 0 Å². The molecule has 1 aliphatic carbocycles. The van der Waals surface area contributed by atoms with E-state index < -0.39 is 12.3 Å². The molecule has 166 valence electrons. The first-order valence-corrected chi connectivity index (χ1v) is 11.9. The van der Waals surface area contributed by atoms with Gasteiger partial charge >= 0.3 is 0 Å². The number of thioether (sulfide) groups is 1. The summed E-state index contributed by atoms with van der Waals surface area (Å²) in [6.45, 7) is 0.609. The summed E-state index contributed by atoms with van der Waals surface area (Å²) in [6.07, 6.45) is 4.98. The van der Waals surface area contributed by atoms with Gasteiger partial charge in [-0.3, -0.25) is 4.79 Å². The highest BCUT2D eigenvalue weighted by Crippen LogP contribution is 2.48. The van der Waals surface area contributed by atoms with E-state index in [-0.39, 0.29) is 5.43 Å².